The maximum atomic E-state index is 13.9. The van der Waals surface area contributed by atoms with E-state index in [1.54, 1.807) is 4.90 Å². The first kappa shape index (κ1) is 22.1. The molecule has 0 saturated carbocycles. The maximum absolute atomic E-state index is 13.9. The molecule has 0 aliphatic carbocycles. The van der Waals surface area contributed by atoms with E-state index in [1.165, 1.54) is 4.46 Å². The van der Waals surface area contributed by atoms with E-state index >= 15 is 0 Å². The molecule has 0 bridgehead atoms. The van der Waals surface area contributed by atoms with Gasteiger partial charge in [-0.05, 0) is 0 Å². The predicted molar refractivity (Wildman–Crippen MR) is 127 cm³/mol. The molecule has 3 aromatic rings. The number of hydrogen-bond donors (Lipinski definition) is 1. The molecule has 32 heavy (non-hydrogen) atoms. The summed E-state index contributed by atoms with van der Waals surface area (Å²) in [6.07, 6.45) is -0.150. The van der Waals surface area contributed by atoms with E-state index in [0.29, 0.717) is 17.4 Å². The molecule has 0 fully saturated rings. The van der Waals surface area contributed by atoms with Gasteiger partial charge in [0.1, 0.15) is 0 Å². The Morgan fingerprint density at radius 2 is 1.47 bits per heavy atom. The van der Waals surface area contributed by atoms with Gasteiger partial charge in [0.05, 0.1) is 0 Å². The zero-order valence-electron chi connectivity index (χ0n) is 17.9. The van der Waals surface area contributed by atoms with Gasteiger partial charge in [0.15, 0.2) is 0 Å². The van der Waals surface area contributed by atoms with Crippen molar-refractivity contribution in [3.63, 3.8) is 0 Å². The number of carboxylic acid groups (broad SMARTS) is 1. The third-order valence-electron chi connectivity index (χ3n) is 5.77. The predicted octanol–water partition coefficient (Wildman–Crippen LogP) is 4.37. The summed E-state index contributed by atoms with van der Waals surface area (Å²) in [5, 5.41) is 10.4. The Morgan fingerprint density at radius 1 is 0.906 bits per heavy atom. The van der Waals surface area contributed by atoms with E-state index in [-0.39, 0.29) is 27.3 Å². The molecule has 0 spiro atoms. The van der Waals surface area contributed by atoms with Gasteiger partial charge < -0.3 is 0 Å². The van der Waals surface area contributed by atoms with Crippen molar-refractivity contribution in [3.05, 3.63) is 108 Å². The molecule has 1 atom stereocenters. The third-order valence-corrected chi connectivity index (χ3v) is 8.55. The first-order valence-corrected chi connectivity index (χ1v) is 12.6. The summed E-state index contributed by atoms with van der Waals surface area (Å²) in [6, 6.07) is 29.7. The average Bonchev–Trinajstić information content (AvgIpc) is 3.01. The zero-order valence-corrected chi connectivity index (χ0v) is 19.6. The fraction of sp³-hybridized carbons (Fsp3) is 0.185. The second kappa shape index (κ2) is 9.56. The van der Waals surface area contributed by atoms with Gasteiger partial charge in [0.25, 0.3) is 0 Å². The molecule has 162 valence electrons. The second-order valence-corrected chi connectivity index (χ2v) is 10.3. The van der Waals surface area contributed by atoms with Crippen LogP contribution in [0.3, 0.4) is 0 Å². The Bertz CT molecular complexity index is 1130. The number of rotatable bonds is 8. The van der Waals surface area contributed by atoms with Gasteiger partial charge in [0.2, 0.25) is 0 Å². The minimum atomic E-state index is -0.916. The van der Waals surface area contributed by atoms with Crippen molar-refractivity contribution in [1.82, 2.24) is 4.90 Å². The van der Waals surface area contributed by atoms with Crippen LogP contribution in [0.4, 0.5) is 0 Å². The molecule has 0 aromatic heterocycles. The topological polar surface area (TPSA) is 57.6 Å². The van der Waals surface area contributed by atoms with Crippen LogP contribution in [0.15, 0.2) is 96.6 Å². The third kappa shape index (κ3) is 4.55. The van der Waals surface area contributed by atoms with Crippen LogP contribution < -0.4 is 4.46 Å². The molecule has 0 radical (unpaired) electrons. The van der Waals surface area contributed by atoms with Gasteiger partial charge in [-0.15, -0.1) is 0 Å². The van der Waals surface area contributed by atoms with Crippen molar-refractivity contribution in [3.8, 4) is 0 Å². The normalized spacial score (nSPS) is 18.3. The summed E-state index contributed by atoms with van der Waals surface area (Å²) in [5.41, 5.74) is 2.49. The molecule has 1 aliphatic heterocycles. The van der Waals surface area contributed by atoms with E-state index in [4.69, 9.17) is 0 Å². The molecule has 1 unspecified atom stereocenters. The van der Waals surface area contributed by atoms with E-state index in [2.05, 4.69) is 12.1 Å². The Labute approximate surface area is 194 Å². The number of carbonyl (C=O) groups excluding carboxylic acids is 1. The average molecular weight is 490 g/mol. The summed E-state index contributed by atoms with van der Waals surface area (Å²) in [7, 11) is 0. The van der Waals surface area contributed by atoms with Gasteiger partial charge in [0, 0.05) is 0 Å². The summed E-state index contributed by atoms with van der Waals surface area (Å²) in [6.45, 7) is 2.34. The molecule has 1 heterocycles. The summed E-state index contributed by atoms with van der Waals surface area (Å²) < 4.78 is 1.20. The minimum absolute atomic E-state index is 0.0192. The van der Waals surface area contributed by atoms with Crippen molar-refractivity contribution in [1.29, 1.82) is 0 Å². The summed E-state index contributed by atoms with van der Waals surface area (Å²) >= 11 is 0.0416. The van der Waals surface area contributed by atoms with Crippen LogP contribution in [0, 0.1) is 5.41 Å². The van der Waals surface area contributed by atoms with Gasteiger partial charge in [-0.1, -0.05) is 0 Å². The Kier molecular flexibility index (Phi) is 6.59. The summed E-state index contributed by atoms with van der Waals surface area (Å²) in [4.78, 5) is 27.6. The molecular weight excluding hydrogens is 465 g/mol. The van der Waals surface area contributed by atoms with Crippen LogP contribution in [0.1, 0.15) is 24.5 Å². The van der Waals surface area contributed by atoms with Crippen LogP contribution in [0.2, 0.25) is 5.32 Å². The number of carbonyl (C=O) groups is 2. The molecule has 4 rings (SSSR count). The number of benzene rings is 3. The first-order valence-electron chi connectivity index (χ1n) is 10.5. The van der Waals surface area contributed by atoms with Crippen LogP contribution in [-0.2, 0) is 16.1 Å². The first-order chi connectivity index (χ1) is 15.5. The summed E-state index contributed by atoms with van der Waals surface area (Å²) in [5.74, 6) is -0.935. The number of hydrogen-bond acceptors (Lipinski definition) is 2. The van der Waals surface area contributed by atoms with Gasteiger partial charge in [-0.2, -0.15) is 0 Å². The van der Waals surface area contributed by atoms with Crippen LogP contribution >= 0.6 is 0 Å². The van der Waals surface area contributed by atoms with Gasteiger partial charge in [-0.25, -0.2) is 0 Å². The van der Waals surface area contributed by atoms with Gasteiger partial charge in [-0.3, -0.25) is 0 Å². The molecule has 1 amide bonds. The van der Waals surface area contributed by atoms with Gasteiger partial charge >= 0.3 is 195 Å². The van der Waals surface area contributed by atoms with E-state index in [1.807, 2.05) is 85.8 Å². The molecule has 5 heteroatoms. The monoisotopic (exact) mass is 491 g/mol. The number of nitrogens with zero attached hydrogens (tertiary/aromatic N) is 1. The molecular formula is C27H25NO3Se. The molecule has 4 nitrogen and oxygen atoms in total. The van der Waals surface area contributed by atoms with Crippen molar-refractivity contribution in [2.24, 2.45) is 5.41 Å². The van der Waals surface area contributed by atoms with Crippen molar-refractivity contribution in [2.45, 2.75) is 25.2 Å². The second-order valence-electron chi connectivity index (χ2n) is 8.07. The van der Waals surface area contributed by atoms with Crippen LogP contribution in [0.5, 0.6) is 0 Å². The fourth-order valence-corrected chi connectivity index (χ4v) is 6.43. The fourth-order valence-electron chi connectivity index (χ4n) is 4.12. The molecule has 1 aliphatic rings. The Hall–Kier alpha value is -3.14. The number of aliphatic carboxylic acids is 1. The zero-order chi connectivity index (χ0) is 22.6. The molecule has 0 saturated heterocycles. The molecule has 3 aromatic carbocycles. The van der Waals surface area contributed by atoms with E-state index in [9.17, 15) is 14.7 Å². The molecule has 1 N–H and O–H groups in total. The number of carboxylic acids is 1. The SMILES string of the molecule is CC1(C[Se]c2ccccc2)C(=O)N(Cc2ccccc2)C(c2ccccc2)=C1CC(=O)O. The Morgan fingerprint density at radius 3 is 2.06 bits per heavy atom. The van der Waals surface area contributed by atoms with Crippen LogP contribution in [-0.4, -0.2) is 36.8 Å². The van der Waals surface area contributed by atoms with Crippen LogP contribution in [0.25, 0.3) is 5.70 Å². The number of amides is 1. The van der Waals surface area contributed by atoms with E-state index in [0.717, 1.165) is 16.8 Å². The van der Waals surface area contributed by atoms with Crippen molar-refractivity contribution in [2.75, 3.05) is 0 Å². The van der Waals surface area contributed by atoms with Crippen molar-refractivity contribution < 1.29 is 14.7 Å². The quantitative estimate of drug-likeness (QED) is 0.478. The standard InChI is InChI=1S/C27H25NO3Se/c1-27(19-32-22-15-9-4-10-16-22)23(17-24(29)30)25(21-13-7-3-8-14-21)28(26(27)31)18-20-11-5-2-6-12-20/h2-16H,17-19H2,1H3,(H,29,30). The van der Waals surface area contributed by atoms with E-state index < -0.39 is 11.4 Å². The van der Waals surface area contributed by atoms with Crippen molar-refractivity contribution >= 4 is 37.0 Å². The Balaban J connectivity index is 1.80.